The Morgan fingerprint density at radius 1 is 1.11 bits per heavy atom. The molecule has 0 radical (unpaired) electrons. The minimum atomic E-state index is -0.432. The van der Waals surface area contributed by atoms with Gasteiger partial charge in [-0.3, -0.25) is 14.9 Å². The third-order valence-corrected chi connectivity index (χ3v) is 5.87. The molecular formula is C22H23N3O3. The number of aryl methyl sites for hydroxylation is 1. The van der Waals surface area contributed by atoms with Crippen LogP contribution in [-0.4, -0.2) is 33.8 Å². The highest BCUT2D eigenvalue weighted by Crippen LogP contribution is 2.36. The Morgan fingerprint density at radius 2 is 1.82 bits per heavy atom. The third kappa shape index (κ3) is 3.05. The van der Waals surface area contributed by atoms with Gasteiger partial charge in [-0.1, -0.05) is 24.3 Å². The Balaban J connectivity index is 1.53. The van der Waals surface area contributed by atoms with Crippen molar-refractivity contribution >= 4 is 22.5 Å². The molecule has 1 aromatic heterocycles. The number of hydrogen-bond acceptors (Lipinski definition) is 3. The van der Waals surface area contributed by atoms with E-state index in [4.69, 9.17) is 0 Å². The van der Waals surface area contributed by atoms with Gasteiger partial charge in [0.15, 0.2) is 0 Å². The first-order chi connectivity index (χ1) is 13.5. The molecule has 1 N–H and O–H groups in total. The molecule has 2 aromatic carbocycles. The number of carbonyl (C=O) groups is 1. The largest absolute Gasteiger partial charge is 0.358 e. The van der Waals surface area contributed by atoms with Crippen LogP contribution >= 0.6 is 0 Å². The van der Waals surface area contributed by atoms with E-state index in [2.05, 4.69) is 30.1 Å². The summed E-state index contributed by atoms with van der Waals surface area (Å²) in [6.45, 7) is 5.07. The second kappa shape index (κ2) is 7.11. The van der Waals surface area contributed by atoms with Crippen LogP contribution in [0.2, 0.25) is 0 Å². The molecule has 0 bridgehead atoms. The number of nitro benzene ring substituents is 1. The Morgan fingerprint density at radius 3 is 2.54 bits per heavy atom. The molecule has 1 amide bonds. The van der Waals surface area contributed by atoms with Gasteiger partial charge >= 0.3 is 0 Å². The molecular weight excluding hydrogens is 354 g/mol. The van der Waals surface area contributed by atoms with Gasteiger partial charge in [-0.25, -0.2) is 0 Å². The molecule has 144 valence electrons. The minimum absolute atomic E-state index is 0.00449. The summed E-state index contributed by atoms with van der Waals surface area (Å²) in [6, 6.07) is 13.0. The molecule has 4 rings (SSSR count). The van der Waals surface area contributed by atoms with E-state index < -0.39 is 4.92 Å². The van der Waals surface area contributed by atoms with Gasteiger partial charge in [0.2, 0.25) is 0 Å². The number of amides is 1. The average Bonchev–Trinajstić information content (AvgIpc) is 3.03. The molecule has 1 aliphatic rings. The molecule has 0 aliphatic carbocycles. The van der Waals surface area contributed by atoms with Crippen LogP contribution in [0.1, 0.15) is 45.9 Å². The quantitative estimate of drug-likeness (QED) is 0.530. The lowest BCUT2D eigenvalue weighted by molar-refractivity contribution is -0.385. The Kier molecular flexibility index (Phi) is 4.63. The lowest BCUT2D eigenvalue weighted by atomic mass is 9.87. The van der Waals surface area contributed by atoms with Gasteiger partial charge in [-0.05, 0) is 50.3 Å². The highest BCUT2D eigenvalue weighted by Gasteiger charge is 2.29. The summed E-state index contributed by atoms with van der Waals surface area (Å²) in [6.07, 6.45) is 1.78. The predicted molar refractivity (Wildman–Crippen MR) is 109 cm³/mol. The summed E-state index contributed by atoms with van der Waals surface area (Å²) in [5, 5.41) is 12.4. The monoisotopic (exact) mass is 377 g/mol. The number of aromatic nitrogens is 1. The van der Waals surface area contributed by atoms with Crippen LogP contribution in [0.25, 0.3) is 10.9 Å². The second-order valence-electron chi connectivity index (χ2n) is 7.48. The van der Waals surface area contributed by atoms with E-state index in [1.807, 2.05) is 11.0 Å². The first-order valence-corrected chi connectivity index (χ1v) is 9.58. The Labute approximate surface area is 163 Å². The standard InChI is InChI=1S/C22H23N3O3/c1-14-17(7-5-9-20(14)25(27)28)22(26)24-12-10-16(11-13-24)21-15(2)23-19-8-4-3-6-18(19)21/h3-9,16,23H,10-13H2,1-2H3. The fourth-order valence-electron chi connectivity index (χ4n) is 4.42. The first kappa shape index (κ1) is 18.2. The fourth-order valence-corrected chi connectivity index (χ4v) is 4.42. The molecule has 1 aliphatic heterocycles. The number of nitrogens with one attached hydrogen (secondary N) is 1. The lowest BCUT2D eigenvalue weighted by Gasteiger charge is -2.32. The number of likely N-dealkylation sites (tertiary alicyclic amines) is 1. The zero-order valence-corrected chi connectivity index (χ0v) is 16.1. The van der Waals surface area contributed by atoms with Crippen LogP contribution in [0.3, 0.4) is 0 Å². The smallest absolute Gasteiger partial charge is 0.273 e. The van der Waals surface area contributed by atoms with E-state index >= 15 is 0 Å². The molecule has 6 heteroatoms. The van der Waals surface area contributed by atoms with Crippen LogP contribution < -0.4 is 0 Å². The van der Waals surface area contributed by atoms with E-state index in [0.29, 0.717) is 30.1 Å². The molecule has 6 nitrogen and oxygen atoms in total. The number of H-pyrrole nitrogens is 1. The number of nitrogens with zero attached hydrogens (tertiary/aromatic N) is 2. The average molecular weight is 377 g/mol. The molecule has 1 fully saturated rings. The highest BCUT2D eigenvalue weighted by atomic mass is 16.6. The van der Waals surface area contributed by atoms with Crippen molar-refractivity contribution in [2.75, 3.05) is 13.1 Å². The molecule has 0 unspecified atom stereocenters. The van der Waals surface area contributed by atoms with Gasteiger partial charge in [-0.2, -0.15) is 0 Å². The molecule has 1 saturated heterocycles. The van der Waals surface area contributed by atoms with Crippen LogP contribution in [0.5, 0.6) is 0 Å². The van der Waals surface area contributed by atoms with Gasteiger partial charge in [0.1, 0.15) is 0 Å². The lowest BCUT2D eigenvalue weighted by Crippen LogP contribution is -2.38. The first-order valence-electron chi connectivity index (χ1n) is 9.58. The summed E-state index contributed by atoms with van der Waals surface area (Å²) < 4.78 is 0. The Hall–Kier alpha value is -3.15. The van der Waals surface area contributed by atoms with E-state index in [1.165, 1.54) is 22.7 Å². The maximum Gasteiger partial charge on any atom is 0.273 e. The van der Waals surface area contributed by atoms with Crippen molar-refractivity contribution in [2.24, 2.45) is 0 Å². The van der Waals surface area contributed by atoms with Gasteiger partial charge in [0, 0.05) is 46.9 Å². The molecule has 28 heavy (non-hydrogen) atoms. The van der Waals surface area contributed by atoms with E-state index in [9.17, 15) is 14.9 Å². The summed E-state index contributed by atoms with van der Waals surface area (Å²) in [4.78, 5) is 29.0. The number of nitro groups is 1. The van der Waals surface area contributed by atoms with Crippen molar-refractivity contribution < 1.29 is 9.72 Å². The number of rotatable bonds is 3. The number of carbonyl (C=O) groups excluding carboxylic acids is 1. The summed E-state index contributed by atoms with van der Waals surface area (Å²) in [7, 11) is 0. The summed E-state index contributed by atoms with van der Waals surface area (Å²) >= 11 is 0. The van der Waals surface area contributed by atoms with Crippen LogP contribution in [-0.2, 0) is 0 Å². The molecule has 0 spiro atoms. The van der Waals surface area contributed by atoms with Gasteiger partial charge in [0.25, 0.3) is 11.6 Å². The highest BCUT2D eigenvalue weighted by molar-refractivity contribution is 5.96. The van der Waals surface area contributed by atoms with Crippen LogP contribution in [0.4, 0.5) is 5.69 Å². The molecule has 2 heterocycles. The third-order valence-electron chi connectivity index (χ3n) is 5.87. The van der Waals surface area contributed by atoms with E-state index in [0.717, 1.165) is 18.4 Å². The minimum Gasteiger partial charge on any atom is -0.358 e. The molecule has 3 aromatic rings. The van der Waals surface area contributed by atoms with Gasteiger partial charge in [0.05, 0.1) is 4.92 Å². The summed E-state index contributed by atoms with van der Waals surface area (Å²) in [5.41, 5.74) is 4.56. The number of hydrogen-bond donors (Lipinski definition) is 1. The molecule has 0 atom stereocenters. The number of piperidine rings is 1. The van der Waals surface area contributed by atoms with Crippen molar-refractivity contribution in [3.63, 3.8) is 0 Å². The number of aromatic amines is 1. The maximum atomic E-state index is 13.0. The van der Waals surface area contributed by atoms with E-state index in [-0.39, 0.29) is 11.6 Å². The Bertz CT molecular complexity index is 1060. The maximum absolute atomic E-state index is 13.0. The zero-order chi connectivity index (χ0) is 19.8. The molecule has 0 saturated carbocycles. The van der Waals surface area contributed by atoms with Crippen molar-refractivity contribution in [3.8, 4) is 0 Å². The topological polar surface area (TPSA) is 79.2 Å². The van der Waals surface area contributed by atoms with Crippen molar-refractivity contribution in [1.82, 2.24) is 9.88 Å². The summed E-state index contributed by atoms with van der Waals surface area (Å²) in [5.74, 6) is 0.293. The number of benzene rings is 2. The SMILES string of the molecule is Cc1[nH]c2ccccc2c1C1CCN(C(=O)c2cccc([N+](=O)[O-])c2C)CC1. The van der Waals surface area contributed by atoms with Gasteiger partial charge in [-0.15, -0.1) is 0 Å². The van der Waals surface area contributed by atoms with Crippen LogP contribution in [0.15, 0.2) is 42.5 Å². The number of fused-ring (bicyclic) bond motifs is 1. The van der Waals surface area contributed by atoms with Gasteiger partial charge < -0.3 is 9.88 Å². The zero-order valence-electron chi connectivity index (χ0n) is 16.1. The normalized spacial score (nSPS) is 15.1. The van der Waals surface area contributed by atoms with Crippen molar-refractivity contribution in [2.45, 2.75) is 32.6 Å². The predicted octanol–water partition coefficient (Wildman–Crippen LogP) is 4.71. The second-order valence-corrected chi connectivity index (χ2v) is 7.48. The van der Waals surface area contributed by atoms with Crippen molar-refractivity contribution in [3.05, 3.63) is 75.0 Å². The number of para-hydroxylation sites is 1. The van der Waals surface area contributed by atoms with Crippen LogP contribution in [0, 0.1) is 24.0 Å². The van der Waals surface area contributed by atoms with E-state index in [1.54, 1.807) is 19.1 Å². The fraction of sp³-hybridized carbons (Fsp3) is 0.318. The van der Waals surface area contributed by atoms with Crippen molar-refractivity contribution in [1.29, 1.82) is 0 Å².